The SMILES string of the molecule is CC1(C)OC(=C(C#N)C#N)C(C#N)=C1/C=C/c1ccc(C=O)cc1. The van der Waals surface area contributed by atoms with E-state index in [2.05, 4.69) is 0 Å². The molecule has 0 saturated heterocycles. The zero-order valence-corrected chi connectivity index (χ0v) is 13.2. The molecule has 0 fully saturated rings. The Morgan fingerprint density at radius 1 is 1.04 bits per heavy atom. The predicted octanol–water partition coefficient (Wildman–Crippen LogP) is 3.44. The lowest BCUT2D eigenvalue weighted by Crippen LogP contribution is -2.20. The van der Waals surface area contributed by atoms with Crippen molar-refractivity contribution in [3.8, 4) is 18.2 Å². The average molecular weight is 315 g/mol. The zero-order chi connectivity index (χ0) is 17.7. The quantitative estimate of drug-likeness (QED) is 0.628. The largest absolute Gasteiger partial charge is 0.480 e. The molecule has 2 rings (SSSR count). The van der Waals surface area contributed by atoms with Crippen LogP contribution in [0.5, 0.6) is 0 Å². The van der Waals surface area contributed by atoms with Crippen LogP contribution in [0.25, 0.3) is 6.08 Å². The molecular weight excluding hydrogens is 302 g/mol. The molecule has 0 bridgehead atoms. The highest BCUT2D eigenvalue weighted by atomic mass is 16.5. The van der Waals surface area contributed by atoms with Gasteiger partial charge in [-0.2, -0.15) is 15.8 Å². The number of nitrogens with zero attached hydrogens (tertiary/aromatic N) is 3. The van der Waals surface area contributed by atoms with Gasteiger partial charge in [0, 0.05) is 11.1 Å². The van der Waals surface area contributed by atoms with Crippen molar-refractivity contribution in [3.05, 3.63) is 63.9 Å². The van der Waals surface area contributed by atoms with Gasteiger partial charge in [-0.05, 0) is 19.4 Å². The van der Waals surface area contributed by atoms with Crippen LogP contribution in [0.2, 0.25) is 0 Å². The van der Waals surface area contributed by atoms with E-state index >= 15 is 0 Å². The monoisotopic (exact) mass is 315 g/mol. The second kappa shape index (κ2) is 6.65. The van der Waals surface area contributed by atoms with Crippen molar-refractivity contribution in [2.45, 2.75) is 19.4 Å². The Bertz CT molecular complexity index is 880. The number of carbonyl (C=O) groups is 1. The lowest BCUT2D eigenvalue weighted by molar-refractivity contribution is 0.0954. The van der Waals surface area contributed by atoms with Gasteiger partial charge < -0.3 is 4.74 Å². The minimum absolute atomic E-state index is 0.0171. The molecule has 0 aromatic heterocycles. The van der Waals surface area contributed by atoms with Crippen LogP contribution in [-0.4, -0.2) is 11.9 Å². The molecule has 0 unspecified atom stereocenters. The van der Waals surface area contributed by atoms with E-state index in [1.54, 1.807) is 62.4 Å². The number of ether oxygens (including phenoxy) is 1. The van der Waals surface area contributed by atoms with E-state index in [9.17, 15) is 10.1 Å². The molecule has 0 spiro atoms. The lowest BCUT2D eigenvalue weighted by atomic mass is 9.94. The molecule has 0 saturated carbocycles. The maximum atomic E-state index is 10.7. The molecule has 5 nitrogen and oxygen atoms in total. The van der Waals surface area contributed by atoms with Gasteiger partial charge in [0.05, 0.1) is 0 Å². The van der Waals surface area contributed by atoms with Crippen molar-refractivity contribution >= 4 is 12.4 Å². The first kappa shape index (κ1) is 16.7. The average Bonchev–Trinajstić information content (AvgIpc) is 2.84. The Morgan fingerprint density at radius 2 is 1.62 bits per heavy atom. The molecular formula is C19H13N3O2. The molecule has 1 aromatic carbocycles. The van der Waals surface area contributed by atoms with Gasteiger partial charge in [-0.15, -0.1) is 0 Å². The first-order valence-corrected chi connectivity index (χ1v) is 7.09. The maximum Gasteiger partial charge on any atom is 0.172 e. The van der Waals surface area contributed by atoms with Gasteiger partial charge in [0.15, 0.2) is 11.3 Å². The molecule has 1 aliphatic rings. The summed E-state index contributed by atoms with van der Waals surface area (Å²) < 4.78 is 5.67. The summed E-state index contributed by atoms with van der Waals surface area (Å²) >= 11 is 0. The molecule has 116 valence electrons. The van der Waals surface area contributed by atoms with Gasteiger partial charge in [0.25, 0.3) is 0 Å². The summed E-state index contributed by atoms with van der Waals surface area (Å²) in [7, 11) is 0. The third kappa shape index (κ3) is 3.09. The molecule has 0 N–H and O–H groups in total. The Kier molecular flexibility index (Phi) is 4.64. The third-order valence-electron chi connectivity index (χ3n) is 3.58. The zero-order valence-electron chi connectivity index (χ0n) is 13.2. The number of rotatable bonds is 3. The van der Waals surface area contributed by atoms with Gasteiger partial charge in [-0.1, -0.05) is 36.4 Å². The fourth-order valence-corrected chi connectivity index (χ4v) is 2.35. The van der Waals surface area contributed by atoms with Gasteiger partial charge in [0.2, 0.25) is 0 Å². The molecule has 0 atom stereocenters. The number of nitriles is 3. The van der Waals surface area contributed by atoms with E-state index in [-0.39, 0.29) is 16.9 Å². The Morgan fingerprint density at radius 3 is 2.12 bits per heavy atom. The van der Waals surface area contributed by atoms with E-state index in [1.807, 2.05) is 6.07 Å². The van der Waals surface area contributed by atoms with Crippen LogP contribution in [0.1, 0.15) is 29.8 Å². The van der Waals surface area contributed by atoms with E-state index in [0.717, 1.165) is 11.8 Å². The minimum Gasteiger partial charge on any atom is -0.480 e. The number of carbonyl (C=O) groups excluding carboxylic acids is 1. The molecule has 1 aromatic rings. The van der Waals surface area contributed by atoms with Crippen molar-refractivity contribution < 1.29 is 9.53 Å². The van der Waals surface area contributed by atoms with Crippen LogP contribution in [0.15, 0.2) is 52.8 Å². The molecule has 0 aliphatic carbocycles. The molecule has 24 heavy (non-hydrogen) atoms. The van der Waals surface area contributed by atoms with Crippen molar-refractivity contribution in [3.63, 3.8) is 0 Å². The molecule has 1 heterocycles. The van der Waals surface area contributed by atoms with Crippen LogP contribution in [0, 0.1) is 34.0 Å². The first-order valence-electron chi connectivity index (χ1n) is 7.09. The van der Waals surface area contributed by atoms with E-state index in [1.165, 1.54) is 0 Å². The van der Waals surface area contributed by atoms with Crippen molar-refractivity contribution in [2.75, 3.05) is 0 Å². The van der Waals surface area contributed by atoms with Gasteiger partial charge in [0.1, 0.15) is 35.7 Å². The maximum absolute atomic E-state index is 10.7. The summed E-state index contributed by atoms with van der Waals surface area (Å²) in [4.78, 5) is 10.7. The Labute approximate surface area is 140 Å². The molecule has 0 radical (unpaired) electrons. The van der Waals surface area contributed by atoms with Crippen molar-refractivity contribution in [2.24, 2.45) is 0 Å². The first-order chi connectivity index (χ1) is 11.5. The summed E-state index contributed by atoms with van der Waals surface area (Å²) in [6.07, 6.45) is 4.28. The smallest absolute Gasteiger partial charge is 0.172 e. The molecule has 1 aliphatic heterocycles. The number of benzene rings is 1. The minimum atomic E-state index is -0.835. The lowest BCUT2D eigenvalue weighted by Gasteiger charge is -2.20. The molecule has 0 amide bonds. The number of hydrogen-bond acceptors (Lipinski definition) is 5. The van der Waals surface area contributed by atoms with E-state index in [4.69, 9.17) is 15.3 Å². The van der Waals surface area contributed by atoms with Crippen LogP contribution in [-0.2, 0) is 4.74 Å². The summed E-state index contributed by atoms with van der Waals surface area (Å²) in [6, 6.07) is 12.5. The summed E-state index contributed by atoms with van der Waals surface area (Å²) in [5.41, 5.74) is 1.13. The summed E-state index contributed by atoms with van der Waals surface area (Å²) in [6.45, 7) is 3.53. The fourth-order valence-electron chi connectivity index (χ4n) is 2.35. The second-order valence-electron chi connectivity index (χ2n) is 5.56. The van der Waals surface area contributed by atoms with E-state index in [0.29, 0.717) is 11.1 Å². The topological polar surface area (TPSA) is 97.7 Å². The second-order valence-corrected chi connectivity index (χ2v) is 5.56. The third-order valence-corrected chi connectivity index (χ3v) is 3.58. The summed E-state index contributed by atoms with van der Waals surface area (Å²) in [5, 5.41) is 27.5. The Hall–Kier alpha value is -3.62. The van der Waals surface area contributed by atoms with Crippen LogP contribution in [0.3, 0.4) is 0 Å². The van der Waals surface area contributed by atoms with Crippen LogP contribution >= 0.6 is 0 Å². The number of allylic oxidation sites excluding steroid dienone is 2. The Balaban J connectivity index is 2.51. The van der Waals surface area contributed by atoms with Crippen LogP contribution in [0.4, 0.5) is 0 Å². The summed E-state index contributed by atoms with van der Waals surface area (Å²) in [5.74, 6) is 0.0171. The predicted molar refractivity (Wildman–Crippen MR) is 86.9 cm³/mol. The number of aldehydes is 1. The highest BCUT2D eigenvalue weighted by molar-refractivity contribution is 5.75. The standard InChI is InChI=1S/C19H13N3O2/c1-19(2)17(8-7-13-3-5-14(12-23)6-4-13)16(11-22)18(24-19)15(9-20)10-21/h3-8,12H,1-2H3/b8-7+. The van der Waals surface area contributed by atoms with E-state index < -0.39 is 5.60 Å². The van der Waals surface area contributed by atoms with Crippen LogP contribution < -0.4 is 0 Å². The fraction of sp³-hybridized carbons (Fsp3) is 0.158. The van der Waals surface area contributed by atoms with Crippen molar-refractivity contribution in [1.29, 1.82) is 15.8 Å². The number of hydrogen-bond donors (Lipinski definition) is 0. The van der Waals surface area contributed by atoms with Crippen molar-refractivity contribution in [1.82, 2.24) is 0 Å². The highest BCUT2D eigenvalue weighted by Crippen LogP contribution is 2.40. The van der Waals surface area contributed by atoms with Gasteiger partial charge >= 0.3 is 0 Å². The normalized spacial score (nSPS) is 15.4. The highest BCUT2D eigenvalue weighted by Gasteiger charge is 2.38. The molecule has 5 heteroatoms. The van der Waals surface area contributed by atoms with Gasteiger partial charge in [-0.25, -0.2) is 0 Å². The van der Waals surface area contributed by atoms with Gasteiger partial charge in [-0.3, -0.25) is 4.79 Å².